The third-order valence-electron chi connectivity index (χ3n) is 5.88. The molecule has 0 bridgehead atoms. The Morgan fingerprint density at radius 3 is 2.73 bits per heavy atom. The molecule has 0 aliphatic carbocycles. The van der Waals surface area contributed by atoms with Gasteiger partial charge in [-0.3, -0.25) is 4.79 Å². The Bertz CT molecular complexity index is 1250. The number of carbonyl (C=O) groups excluding carboxylic acids is 1. The number of amides is 1. The normalized spacial score (nSPS) is 15.8. The van der Waals surface area contributed by atoms with E-state index in [1.54, 1.807) is 11.3 Å². The lowest BCUT2D eigenvalue weighted by Gasteiger charge is -2.35. The van der Waals surface area contributed by atoms with Gasteiger partial charge in [0.2, 0.25) is 11.8 Å². The Balaban J connectivity index is 1.37. The van der Waals surface area contributed by atoms with Crippen molar-refractivity contribution >= 4 is 39.9 Å². The van der Waals surface area contributed by atoms with Gasteiger partial charge >= 0.3 is 0 Å². The van der Waals surface area contributed by atoms with Gasteiger partial charge in [-0.15, -0.1) is 21.5 Å². The molecule has 170 valence electrons. The van der Waals surface area contributed by atoms with Crippen molar-refractivity contribution in [3.8, 4) is 22.0 Å². The third-order valence-corrected chi connectivity index (χ3v) is 7.70. The standard InChI is InChI=1S/C24H25N5O2S2/c1-3-28-10-12-29(13-11-28)23(30)16(2)33-24-27-26-22(31-24)18-15-20(21-9-6-14-32-21)25-19-8-5-4-7-17(18)19/h4-9,14-16H,3,10-13H2,1-2H3. The van der Waals surface area contributed by atoms with Crippen molar-refractivity contribution in [2.45, 2.75) is 24.3 Å². The Kier molecular flexibility index (Phi) is 6.43. The summed E-state index contributed by atoms with van der Waals surface area (Å²) in [6.07, 6.45) is 0. The van der Waals surface area contributed by atoms with Gasteiger partial charge < -0.3 is 14.2 Å². The molecule has 9 heteroatoms. The molecule has 3 aromatic heterocycles. The SMILES string of the molecule is CCN1CCN(C(=O)C(C)Sc2nnc(-c3cc(-c4cccs4)nc4ccccc34)o2)CC1. The summed E-state index contributed by atoms with van der Waals surface area (Å²) in [5.74, 6) is 0.551. The number of likely N-dealkylation sites (N-methyl/N-ethyl adjacent to an activating group) is 1. The number of fused-ring (bicyclic) bond motifs is 1. The molecule has 1 amide bonds. The number of piperazine rings is 1. The van der Waals surface area contributed by atoms with Crippen LogP contribution in [0, 0.1) is 0 Å². The van der Waals surface area contributed by atoms with Gasteiger partial charge in [-0.1, -0.05) is 43.0 Å². The van der Waals surface area contributed by atoms with Gasteiger partial charge in [-0.2, -0.15) is 0 Å². The molecule has 1 aromatic carbocycles. The van der Waals surface area contributed by atoms with Gasteiger partial charge in [0.1, 0.15) is 0 Å². The Labute approximate surface area is 200 Å². The number of para-hydroxylation sites is 1. The predicted octanol–water partition coefficient (Wildman–Crippen LogP) is 4.66. The van der Waals surface area contributed by atoms with Crippen molar-refractivity contribution in [1.29, 1.82) is 0 Å². The highest BCUT2D eigenvalue weighted by Gasteiger charge is 2.27. The second-order valence-electron chi connectivity index (χ2n) is 7.94. The summed E-state index contributed by atoms with van der Waals surface area (Å²) in [6, 6.07) is 14.0. The highest BCUT2D eigenvalue weighted by molar-refractivity contribution is 8.00. The molecule has 1 aliphatic rings. The minimum absolute atomic E-state index is 0.116. The number of carbonyl (C=O) groups is 1. The zero-order chi connectivity index (χ0) is 22.8. The topological polar surface area (TPSA) is 75.4 Å². The molecule has 4 heterocycles. The molecule has 4 aromatic rings. The van der Waals surface area contributed by atoms with Crippen LogP contribution in [0.2, 0.25) is 0 Å². The van der Waals surface area contributed by atoms with Crippen LogP contribution in [0.4, 0.5) is 0 Å². The molecule has 1 fully saturated rings. The molecule has 1 aliphatic heterocycles. The van der Waals surface area contributed by atoms with E-state index in [9.17, 15) is 4.79 Å². The molecule has 1 saturated heterocycles. The Hall–Kier alpha value is -2.75. The number of hydrogen-bond donors (Lipinski definition) is 0. The second-order valence-corrected chi connectivity index (χ2v) is 10.2. The van der Waals surface area contributed by atoms with Crippen LogP contribution in [0.15, 0.2) is 57.5 Å². The van der Waals surface area contributed by atoms with Gasteiger partial charge in [0.15, 0.2) is 0 Å². The summed E-state index contributed by atoms with van der Waals surface area (Å²) in [4.78, 5) is 23.1. The summed E-state index contributed by atoms with van der Waals surface area (Å²) < 4.78 is 6.03. The van der Waals surface area contributed by atoms with Gasteiger partial charge in [-0.25, -0.2) is 4.98 Å². The van der Waals surface area contributed by atoms with Crippen molar-refractivity contribution in [1.82, 2.24) is 25.0 Å². The van der Waals surface area contributed by atoms with E-state index in [4.69, 9.17) is 9.40 Å². The van der Waals surface area contributed by atoms with Crippen LogP contribution in [0.1, 0.15) is 13.8 Å². The highest BCUT2D eigenvalue weighted by Crippen LogP contribution is 2.34. The largest absolute Gasteiger partial charge is 0.411 e. The fourth-order valence-corrected chi connectivity index (χ4v) is 5.47. The van der Waals surface area contributed by atoms with E-state index >= 15 is 0 Å². The first-order chi connectivity index (χ1) is 16.1. The van der Waals surface area contributed by atoms with Crippen molar-refractivity contribution in [2.75, 3.05) is 32.7 Å². The van der Waals surface area contributed by atoms with E-state index in [1.807, 2.05) is 59.7 Å². The molecular weight excluding hydrogens is 454 g/mol. The molecular formula is C24H25N5O2S2. The number of benzene rings is 1. The highest BCUT2D eigenvalue weighted by atomic mass is 32.2. The lowest BCUT2D eigenvalue weighted by atomic mass is 10.1. The maximum absolute atomic E-state index is 12.9. The van der Waals surface area contributed by atoms with Crippen LogP contribution in [0.25, 0.3) is 32.9 Å². The first-order valence-corrected chi connectivity index (χ1v) is 12.8. The number of rotatable bonds is 6. The Morgan fingerprint density at radius 1 is 1.15 bits per heavy atom. The van der Waals surface area contributed by atoms with Gasteiger partial charge in [-0.05, 0) is 37.0 Å². The van der Waals surface area contributed by atoms with Crippen molar-refractivity contribution in [2.24, 2.45) is 0 Å². The minimum atomic E-state index is -0.289. The summed E-state index contributed by atoms with van der Waals surface area (Å²) in [6.45, 7) is 8.45. The molecule has 7 nitrogen and oxygen atoms in total. The van der Waals surface area contributed by atoms with E-state index in [2.05, 4.69) is 22.0 Å². The summed E-state index contributed by atoms with van der Waals surface area (Å²) in [7, 11) is 0. The van der Waals surface area contributed by atoms with Crippen molar-refractivity contribution < 1.29 is 9.21 Å². The van der Waals surface area contributed by atoms with E-state index < -0.39 is 0 Å². The zero-order valence-electron chi connectivity index (χ0n) is 18.6. The van der Waals surface area contributed by atoms with E-state index in [0.717, 1.165) is 59.8 Å². The number of pyridine rings is 1. The Morgan fingerprint density at radius 2 is 1.97 bits per heavy atom. The third kappa shape index (κ3) is 4.66. The lowest BCUT2D eigenvalue weighted by Crippen LogP contribution is -2.50. The minimum Gasteiger partial charge on any atom is -0.411 e. The van der Waals surface area contributed by atoms with Crippen molar-refractivity contribution in [3.63, 3.8) is 0 Å². The van der Waals surface area contributed by atoms with Crippen LogP contribution in [0.5, 0.6) is 0 Å². The van der Waals surface area contributed by atoms with Crippen LogP contribution in [0.3, 0.4) is 0 Å². The summed E-state index contributed by atoms with van der Waals surface area (Å²) in [5, 5.41) is 11.6. The van der Waals surface area contributed by atoms with Crippen molar-refractivity contribution in [3.05, 3.63) is 47.8 Å². The monoisotopic (exact) mass is 479 g/mol. The van der Waals surface area contributed by atoms with E-state index in [0.29, 0.717) is 11.1 Å². The van der Waals surface area contributed by atoms with Crippen LogP contribution < -0.4 is 0 Å². The van der Waals surface area contributed by atoms with Gasteiger partial charge in [0.25, 0.3) is 5.22 Å². The van der Waals surface area contributed by atoms with E-state index in [1.165, 1.54) is 11.8 Å². The average molecular weight is 480 g/mol. The molecule has 0 spiro atoms. The molecule has 33 heavy (non-hydrogen) atoms. The molecule has 0 radical (unpaired) electrons. The zero-order valence-corrected chi connectivity index (χ0v) is 20.2. The maximum atomic E-state index is 12.9. The summed E-state index contributed by atoms with van der Waals surface area (Å²) >= 11 is 2.96. The molecule has 0 saturated carbocycles. The van der Waals surface area contributed by atoms with Crippen LogP contribution >= 0.6 is 23.1 Å². The molecule has 1 unspecified atom stereocenters. The molecule has 1 atom stereocenters. The number of thiophene rings is 1. The van der Waals surface area contributed by atoms with E-state index in [-0.39, 0.29) is 11.2 Å². The van der Waals surface area contributed by atoms with Gasteiger partial charge in [0, 0.05) is 31.6 Å². The number of hydrogen-bond acceptors (Lipinski definition) is 8. The van der Waals surface area contributed by atoms with Crippen LogP contribution in [-0.2, 0) is 4.79 Å². The molecule has 0 N–H and O–H groups in total. The second kappa shape index (κ2) is 9.62. The lowest BCUT2D eigenvalue weighted by molar-refractivity contribution is -0.132. The number of aromatic nitrogens is 3. The fraction of sp³-hybridized carbons (Fsp3) is 0.333. The summed E-state index contributed by atoms with van der Waals surface area (Å²) in [5.41, 5.74) is 2.60. The first kappa shape index (κ1) is 22.1. The molecule has 5 rings (SSSR count). The number of nitrogens with zero attached hydrogens (tertiary/aromatic N) is 5. The van der Waals surface area contributed by atoms with Gasteiger partial charge in [0.05, 0.1) is 26.9 Å². The maximum Gasteiger partial charge on any atom is 0.277 e. The number of thioether (sulfide) groups is 1. The fourth-order valence-electron chi connectivity index (χ4n) is 4.01. The smallest absolute Gasteiger partial charge is 0.277 e. The predicted molar refractivity (Wildman–Crippen MR) is 132 cm³/mol. The average Bonchev–Trinajstić information content (AvgIpc) is 3.56. The van der Waals surface area contributed by atoms with Crippen LogP contribution in [-0.4, -0.2) is 68.9 Å². The quantitative estimate of drug-likeness (QED) is 0.372. The first-order valence-electron chi connectivity index (χ1n) is 11.1.